The Hall–Kier alpha value is -1.87. The van der Waals surface area contributed by atoms with Crippen molar-refractivity contribution in [2.24, 2.45) is 0 Å². The van der Waals surface area contributed by atoms with Gasteiger partial charge in [-0.15, -0.1) is 0 Å². The maximum Gasteiger partial charge on any atom is 0.265 e. The predicted molar refractivity (Wildman–Crippen MR) is 74.3 cm³/mol. The van der Waals surface area contributed by atoms with Crippen LogP contribution in [0.2, 0.25) is 0 Å². The Morgan fingerprint density at radius 2 is 1.56 bits per heavy atom. The summed E-state index contributed by atoms with van der Waals surface area (Å²) in [5.74, 6) is 0.805. The Labute approximate surface area is 114 Å². The minimum Gasteiger partial charge on any atom is -0.231 e. The van der Waals surface area contributed by atoms with Crippen molar-refractivity contribution in [2.75, 3.05) is 0 Å². The fourth-order valence-corrected chi connectivity index (χ4v) is 2.09. The monoisotopic (exact) mass is 300 g/mol. The number of hydrogen-bond donors (Lipinski definition) is 0. The molecule has 2 nitrogen and oxygen atoms in total. The summed E-state index contributed by atoms with van der Waals surface area (Å²) >= 11 is 3.41. The third-order valence-electron chi connectivity index (χ3n) is 2.69. The third kappa shape index (κ3) is 2.22. The lowest BCUT2D eigenvalue weighted by Crippen LogP contribution is -2.39. The van der Waals surface area contributed by atoms with Crippen molar-refractivity contribution in [3.63, 3.8) is 0 Å². The maximum absolute atomic E-state index is 5.84. The van der Waals surface area contributed by atoms with Crippen LogP contribution >= 0.6 is 15.9 Å². The van der Waals surface area contributed by atoms with Crippen molar-refractivity contribution in [2.45, 2.75) is 0 Å². The van der Waals surface area contributed by atoms with E-state index in [-0.39, 0.29) is 0 Å². The molecule has 0 saturated heterocycles. The predicted octanol–water partition coefficient (Wildman–Crippen LogP) is 3.73. The number of pyridine rings is 1. The Morgan fingerprint density at radius 1 is 0.833 bits per heavy atom. The van der Waals surface area contributed by atoms with Crippen molar-refractivity contribution in [1.82, 2.24) is 0 Å². The Morgan fingerprint density at radius 3 is 2.39 bits per heavy atom. The van der Waals surface area contributed by atoms with Crippen LogP contribution in [0.3, 0.4) is 0 Å². The normalized spacial score (nSPS) is 10.5. The topological polar surface area (TPSA) is 13.1 Å². The van der Waals surface area contributed by atoms with Crippen LogP contribution in [0.1, 0.15) is 0 Å². The van der Waals surface area contributed by atoms with E-state index in [1.165, 1.54) is 0 Å². The largest absolute Gasteiger partial charge is 0.265 e. The van der Waals surface area contributed by atoms with Gasteiger partial charge in [-0.1, -0.05) is 28.1 Å². The number of halogens is 1. The minimum atomic E-state index is 0.805. The molecule has 0 amide bonds. The lowest BCUT2D eigenvalue weighted by molar-refractivity contribution is -0.854. The van der Waals surface area contributed by atoms with E-state index < -0.39 is 0 Å². The number of rotatable bonds is 2. The van der Waals surface area contributed by atoms with Crippen molar-refractivity contribution < 1.29 is 9.57 Å². The van der Waals surface area contributed by atoms with E-state index in [9.17, 15) is 0 Å². The van der Waals surface area contributed by atoms with Crippen LogP contribution in [0.5, 0.6) is 5.75 Å². The molecule has 3 rings (SSSR count). The highest BCUT2D eigenvalue weighted by molar-refractivity contribution is 9.10. The van der Waals surface area contributed by atoms with Crippen molar-refractivity contribution in [3.8, 4) is 5.75 Å². The number of para-hydroxylation sites is 1. The van der Waals surface area contributed by atoms with Crippen LogP contribution in [-0.4, -0.2) is 0 Å². The fourth-order valence-electron chi connectivity index (χ4n) is 1.82. The van der Waals surface area contributed by atoms with Gasteiger partial charge in [0.05, 0.1) is 5.39 Å². The van der Waals surface area contributed by atoms with Crippen LogP contribution in [0.4, 0.5) is 0 Å². The molecule has 0 N–H and O–H groups in total. The molecule has 0 unspecified atom stereocenters. The second kappa shape index (κ2) is 4.78. The van der Waals surface area contributed by atoms with Gasteiger partial charge < -0.3 is 0 Å². The van der Waals surface area contributed by atoms with Gasteiger partial charge in [-0.2, -0.15) is 0 Å². The summed E-state index contributed by atoms with van der Waals surface area (Å²) in [6, 6.07) is 19.9. The van der Waals surface area contributed by atoms with Gasteiger partial charge in [-0.05, 0) is 36.4 Å². The molecule has 3 heteroatoms. The molecule has 0 atom stereocenters. The zero-order valence-corrected chi connectivity index (χ0v) is 11.2. The van der Waals surface area contributed by atoms with Gasteiger partial charge in [0.2, 0.25) is 11.9 Å². The summed E-state index contributed by atoms with van der Waals surface area (Å²) in [7, 11) is 0. The van der Waals surface area contributed by atoms with Gasteiger partial charge in [0.15, 0.2) is 0 Å². The van der Waals surface area contributed by atoms with Crippen LogP contribution in [0.15, 0.2) is 71.3 Å². The van der Waals surface area contributed by atoms with Crippen molar-refractivity contribution in [1.29, 1.82) is 0 Å². The SMILES string of the molecule is Brc1ccc(O[n+]2cccc3ccccc32)cc1. The lowest BCUT2D eigenvalue weighted by Gasteiger charge is -2.00. The smallest absolute Gasteiger partial charge is 0.231 e. The van der Waals surface area contributed by atoms with E-state index in [0.29, 0.717) is 0 Å². The first-order valence-corrected chi connectivity index (χ1v) is 6.45. The average Bonchev–Trinajstić information content (AvgIpc) is 2.42. The molecule has 0 aliphatic heterocycles. The van der Waals surface area contributed by atoms with Crippen LogP contribution in [0.25, 0.3) is 10.9 Å². The van der Waals surface area contributed by atoms with Crippen molar-refractivity contribution in [3.05, 3.63) is 71.3 Å². The molecule has 0 radical (unpaired) electrons. The molecule has 2 aromatic carbocycles. The summed E-state index contributed by atoms with van der Waals surface area (Å²) in [5, 5.41) is 1.15. The summed E-state index contributed by atoms with van der Waals surface area (Å²) in [5.41, 5.74) is 1.04. The molecule has 1 aromatic heterocycles. The summed E-state index contributed by atoms with van der Waals surface area (Å²) < 4.78 is 2.82. The van der Waals surface area contributed by atoms with Crippen LogP contribution in [-0.2, 0) is 0 Å². The van der Waals surface area contributed by atoms with E-state index in [1.54, 1.807) is 4.73 Å². The Kier molecular flexibility index (Phi) is 2.99. The van der Waals surface area contributed by atoms with Gasteiger partial charge in [0.25, 0.3) is 5.52 Å². The Balaban J connectivity index is 2.02. The van der Waals surface area contributed by atoms with E-state index in [1.807, 2.05) is 54.7 Å². The van der Waals surface area contributed by atoms with Gasteiger partial charge in [0.1, 0.15) is 0 Å². The summed E-state index contributed by atoms with van der Waals surface area (Å²) in [6.45, 7) is 0. The van der Waals surface area contributed by atoms with Gasteiger partial charge in [0, 0.05) is 21.3 Å². The molecule has 0 spiro atoms. The Bertz CT molecular complexity index is 674. The second-order valence-corrected chi connectivity index (χ2v) is 4.85. The number of hydrogen-bond acceptors (Lipinski definition) is 1. The number of aromatic nitrogens is 1. The highest BCUT2D eigenvalue weighted by atomic mass is 79.9. The zero-order valence-electron chi connectivity index (χ0n) is 9.58. The molecule has 18 heavy (non-hydrogen) atoms. The summed E-state index contributed by atoms with van der Waals surface area (Å²) in [4.78, 5) is 5.84. The molecular formula is C15H11BrNO+. The first-order valence-electron chi connectivity index (χ1n) is 5.66. The molecule has 3 aromatic rings. The number of nitrogens with zero attached hydrogens (tertiary/aromatic N) is 1. The van der Waals surface area contributed by atoms with Gasteiger partial charge >= 0.3 is 0 Å². The van der Waals surface area contributed by atoms with E-state index in [0.717, 1.165) is 21.1 Å². The van der Waals surface area contributed by atoms with Gasteiger partial charge in [-0.3, -0.25) is 0 Å². The van der Waals surface area contributed by atoms with Crippen LogP contribution < -0.4 is 9.57 Å². The molecule has 0 bridgehead atoms. The minimum absolute atomic E-state index is 0.805. The molecule has 0 aliphatic carbocycles. The van der Waals surface area contributed by atoms with E-state index in [2.05, 4.69) is 28.1 Å². The van der Waals surface area contributed by atoms with E-state index in [4.69, 9.17) is 4.84 Å². The average molecular weight is 301 g/mol. The third-order valence-corrected chi connectivity index (χ3v) is 3.22. The molecule has 0 aliphatic rings. The second-order valence-electron chi connectivity index (χ2n) is 3.94. The van der Waals surface area contributed by atoms with E-state index >= 15 is 0 Å². The van der Waals surface area contributed by atoms with Crippen LogP contribution in [0, 0.1) is 0 Å². The molecular weight excluding hydrogens is 290 g/mol. The highest BCUT2D eigenvalue weighted by Crippen LogP contribution is 2.16. The zero-order chi connectivity index (χ0) is 12.4. The van der Waals surface area contributed by atoms with Gasteiger partial charge in [-0.25, -0.2) is 4.84 Å². The first-order chi connectivity index (χ1) is 8.83. The molecule has 1 heterocycles. The molecule has 88 valence electrons. The molecule has 0 fully saturated rings. The first kappa shape index (κ1) is 11.2. The maximum atomic E-state index is 5.84. The molecule has 0 saturated carbocycles. The number of fused-ring (bicyclic) bond motifs is 1. The van der Waals surface area contributed by atoms with Crippen molar-refractivity contribution >= 4 is 26.8 Å². The summed E-state index contributed by atoms with van der Waals surface area (Å²) in [6.07, 6.45) is 1.91. The highest BCUT2D eigenvalue weighted by Gasteiger charge is 2.10. The fraction of sp³-hybridized carbons (Fsp3) is 0. The lowest BCUT2D eigenvalue weighted by atomic mass is 10.2. The number of benzene rings is 2. The standard InChI is InChI=1S/C15H11BrNO/c16-13-7-9-14(10-8-13)18-17-11-3-5-12-4-1-2-6-15(12)17/h1-11H/q+1. The quantitative estimate of drug-likeness (QED) is 0.657.